The second-order valence-electron chi connectivity index (χ2n) is 2.96. The zero-order valence-corrected chi connectivity index (χ0v) is 8.51. The summed E-state index contributed by atoms with van der Waals surface area (Å²) in [7, 11) is 2.10. The number of unbranched alkanes of at least 4 members (excludes halogenated alkanes) is 1. The average molecular weight is 207 g/mol. The van der Waals surface area contributed by atoms with E-state index in [9.17, 15) is 13.2 Å². The summed E-state index contributed by atoms with van der Waals surface area (Å²) in [6.07, 6.45) is 5.91. The van der Waals surface area contributed by atoms with Crippen LogP contribution >= 0.6 is 0 Å². The van der Waals surface area contributed by atoms with Gasteiger partial charge < -0.3 is 4.57 Å². The molecule has 0 amide bonds. The lowest BCUT2D eigenvalue weighted by Crippen LogP contribution is -1.93. The predicted octanol–water partition coefficient (Wildman–Crippen LogP) is 3.55. The van der Waals surface area contributed by atoms with Crippen LogP contribution in [0.2, 0.25) is 0 Å². The lowest BCUT2D eigenvalue weighted by atomic mass is 10.2. The molecule has 0 aliphatic carbocycles. The average Bonchev–Trinajstić information content (AvgIpc) is 2.47. The number of alkyl halides is 3. The molecule has 0 saturated carbocycles. The summed E-state index contributed by atoms with van der Waals surface area (Å²) in [4.78, 5) is 0. The fourth-order valence-corrected chi connectivity index (χ4v) is 1.11. The van der Waals surface area contributed by atoms with Gasteiger partial charge in [0, 0.05) is 18.9 Å². The van der Waals surface area contributed by atoms with Gasteiger partial charge in [-0.3, -0.25) is 0 Å². The summed E-state index contributed by atoms with van der Waals surface area (Å²) in [5.74, 6) is 0. The van der Waals surface area contributed by atoms with Crippen LogP contribution in [0.25, 0.3) is 0 Å². The minimum atomic E-state index is -3.67. The Morgan fingerprint density at radius 2 is 1.93 bits per heavy atom. The van der Waals surface area contributed by atoms with Gasteiger partial charge in [0.2, 0.25) is 0 Å². The molecule has 0 aliphatic rings. The highest BCUT2D eigenvalue weighted by Crippen LogP contribution is 2.04. The van der Waals surface area contributed by atoms with Crippen molar-refractivity contribution in [3.05, 3.63) is 24.0 Å². The van der Waals surface area contributed by atoms with E-state index in [0.29, 0.717) is 0 Å². The number of rotatable bonds is 3. The number of hydrogen-bond acceptors (Lipinski definition) is 0. The van der Waals surface area contributed by atoms with Crippen LogP contribution in [0.4, 0.5) is 13.2 Å². The SMILES string of the molecule is CCCCc1cccn1C.FC(F)F. The minimum absolute atomic E-state index is 1.22. The van der Waals surface area contributed by atoms with Crippen molar-refractivity contribution in [1.82, 2.24) is 4.57 Å². The third-order valence-corrected chi connectivity index (χ3v) is 1.84. The van der Waals surface area contributed by atoms with Gasteiger partial charge in [-0.1, -0.05) is 13.3 Å². The molecule has 0 spiro atoms. The van der Waals surface area contributed by atoms with Crippen molar-refractivity contribution in [3.8, 4) is 0 Å². The molecule has 1 rings (SSSR count). The van der Waals surface area contributed by atoms with Gasteiger partial charge in [-0.2, -0.15) is 13.2 Å². The zero-order chi connectivity index (χ0) is 11.0. The Labute approximate surface area is 82.5 Å². The summed E-state index contributed by atoms with van der Waals surface area (Å²) in [5.41, 5.74) is 1.45. The standard InChI is InChI=1S/C9H15N.CHF3/c1-3-4-6-9-7-5-8-10(9)2;2-1(3)4/h5,7-8H,3-4,6H2,1-2H3;1H. The molecule has 0 bridgehead atoms. The highest BCUT2D eigenvalue weighted by molar-refractivity contribution is 5.06. The van der Waals surface area contributed by atoms with Gasteiger partial charge in [0.25, 0.3) is 0 Å². The van der Waals surface area contributed by atoms with E-state index < -0.39 is 6.68 Å². The van der Waals surface area contributed by atoms with E-state index in [-0.39, 0.29) is 0 Å². The van der Waals surface area contributed by atoms with Crippen LogP contribution < -0.4 is 0 Å². The largest absolute Gasteiger partial charge is 0.379 e. The first-order valence-electron chi connectivity index (χ1n) is 4.60. The molecule has 0 saturated heterocycles. The van der Waals surface area contributed by atoms with Crippen LogP contribution in [0.15, 0.2) is 18.3 Å². The van der Waals surface area contributed by atoms with Gasteiger partial charge in [0.1, 0.15) is 0 Å². The van der Waals surface area contributed by atoms with E-state index in [1.807, 2.05) is 0 Å². The van der Waals surface area contributed by atoms with Crippen molar-refractivity contribution in [3.63, 3.8) is 0 Å². The molecular weight excluding hydrogens is 191 g/mol. The molecule has 0 radical (unpaired) electrons. The lowest BCUT2D eigenvalue weighted by Gasteiger charge is -1.99. The van der Waals surface area contributed by atoms with E-state index in [2.05, 4.69) is 36.9 Å². The first-order valence-corrected chi connectivity index (χ1v) is 4.60. The van der Waals surface area contributed by atoms with E-state index >= 15 is 0 Å². The van der Waals surface area contributed by atoms with Gasteiger partial charge in [0.05, 0.1) is 0 Å². The van der Waals surface area contributed by atoms with Crippen molar-refractivity contribution in [2.45, 2.75) is 32.9 Å². The lowest BCUT2D eigenvalue weighted by molar-refractivity contribution is 0.00819. The molecule has 1 heterocycles. The van der Waals surface area contributed by atoms with Gasteiger partial charge in [-0.05, 0) is 25.0 Å². The second-order valence-corrected chi connectivity index (χ2v) is 2.96. The summed E-state index contributed by atoms with van der Waals surface area (Å²) < 4.78 is 31.2. The molecule has 1 aromatic rings. The number of hydrogen-bond donors (Lipinski definition) is 0. The highest BCUT2D eigenvalue weighted by Gasteiger charge is 1.93. The van der Waals surface area contributed by atoms with Crippen LogP contribution in [-0.4, -0.2) is 11.2 Å². The second kappa shape index (κ2) is 7.47. The first kappa shape index (κ1) is 13.1. The van der Waals surface area contributed by atoms with E-state index in [0.717, 1.165) is 0 Å². The Morgan fingerprint density at radius 1 is 1.36 bits per heavy atom. The summed E-state index contributed by atoms with van der Waals surface area (Å²) in [6.45, 7) is -1.44. The maximum Gasteiger partial charge on any atom is 0.379 e. The van der Waals surface area contributed by atoms with Crippen LogP contribution in [0, 0.1) is 0 Å². The first-order chi connectivity index (χ1) is 6.57. The van der Waals surface area contributed by atoms with E-state index in [4.69, 9.17) is 0 Å². The summed E-state index contributed by atoms with van der Waals surface area (Å²) in [6, 6.07) is 4.29. The van der Waals surface area contributed by atoms with Crippen LogP contribution in [0.1, 0.15) is 25.5 Å². The van der Waals surface area contributed by atoms with Gasteiger partial charge in [0.15, 0.2) is 0 Å². The molecular formula is C10H16F3N. The van der Waals surface area contributed by atoms with Crippen molar-refractivity contribution >= 4 is 0 Å². The monoisotopic (exact) mass is 207 g/mol. The maximum absolute atomic E-state index is 9.67. The van der Waals surface area contributed by atoms with Crippen molar-refractivity contribution in [2.24, 2.45) is 7.05 Å². The third-order valence-electron chi connectivity index (χ3n) is 1.84. The molecule has 0 unspecified atom stereocenters. The molecule has 1 aromatic heterocycles. The number of aryl methyl sites for hydroxylation is 2. The summed E-state index contributed by atoms with van der Waals surface area (Å²) in [5, 5.41) is 0. The molecule has 82 valence electrons. The highest BCUT2D eigenvalue weighted by atomic mass is 19.4. The smallest absolute Gasteiger partial charge is 0.354 e. The normalized spacial score (nSPS) is 9.86. The van der Waals surface area contributed by atoms with Crippen molar-refractivity contribution in [1.29, 1.82) is 0 Å². The molecule has 0 aromatic carbocycles. The van der Waals surface area contributed by atoms with Gasteiger partial charge >= 0.3 is 6.68 Å². The summed E-state index contributed by atoms with van der Waals surface area (Å²) >= 11 is 0. The van der Waals surface area contributed by atoms with E-state index in [1.54, 1.807) is 0 Å². The van der Waals surface area contributed by atoms with Crippen LogP contribution in [0.3, 0.4) is 0 Å². The molecule has 1 nitrogen and oxygen atoms in total. The Balaban J connectivity index is 0.000000364. The Bertz CT molecular complexity index is 230. The number of aromatic nitrogens is 1. The third kappa shape index (κ3) is 6.57. The maximum atomic E-state index is 9.67. The molecule has 14 heavy (non-hydrogen) atoms. The fourth-order valence-electron chi connectivity index (χ4n) is 1.11. The van der Waals surface area contributed by atoms with Crippen molar-refractivity contribution in [2.75, 3.05) is 0 Å². The Hall–Kier alpha value is -0.930. The zero-order valence-electron chi connectivity index (χ0n) is 8.51. The topological polar surface area (TPSA) is 4.93 Å². The predicted molar refractivity (Wildman–Crippen MR) is 51.1 cm³/mol. The minimum Gasteiger partial charge on any atom is -0.354 e. The molecule has 0 N–H and O–H groups in total. The Morgan fingerprint density at radius 3 is 2.29 bits per heavy atom. The molecule has 0 fully saturated rings. The molecule has 0 atom stereocenters. The van der Waals surface area contributed by atoms with E-state index in [1.165, 1.54) is 25.0 Å². The van der Waals surface area contributed by atoms with Crippen LogP contribution in [-0.2, 0) is 13.5 Å². The Kier molecular flexibility index (Phi) is 6.98. The van der Waals surface area contributed by atoms with Crippen molar-refractivity contribution < 1.29 is 13.2 Å². The number of halogens is 3. The van der Waals surface area contributed by atoms with Gasteiger partial charge in [-0.15, -0.1) is 0 Å². The molecule has 4 heteroatoms. The fraction of sp³-hybridized carbons (Fsp3) is 0.600. The van der Waals surface area contributed by atoms with Crippen LogP contribution in [0.5, 0.6) is 0 Å². The molecule has 0 aliphatic heterocycles. The number of nitrogens with zero attached hydrogens (tertiary/aromatic N) is 1. The quantitative estimate of drug-likeness (QED) is 0.714. The van der Waals surface area contributed by atoms with Gasteiger partial charge in [-0.25, -0.2) is 0 Å².